The van der Waals surface area contributed by atoms with Crippen LogP contribution in [0.25, 0.3) is 0 Å². The summed E-state index contributed by atoms with van der Waals surface area (Å²) >= 11 is 1.87. The molecule has 0 amide bonds. The molecule has 0 fully saturated rings. The van der Waals surface area contributed by atoms with Crippen molar-refractivity contribution in [2.24, 2.45) is 5.41 Å². The molecule has 0 spiro atoms. The SMILES string of the molecule is CCCC(CO)(CO)CCSCC. The molecule has 0 unspecified atom stereocenters. The molecule has 2 nitrogen and oxygen atoms in total. The van der Waals surface area contributed by atoms with Crippen LogP contribution in [-0.2, 0) is 0 Å². The Labute approximate surface area is 85.7 Å². The molecule has 0 aliphatic heterocycles. The zero-order valence-corrected chi connectivity index (χ0v) is 9.57. The summed E-state index contributed by atoms with van der Waals surface area (Å²) in [6.07, 6.45) is 2.87. The molecule has 0 aromatic rings. The van der Waals surface area contributed by atoms with Crippen LogP contribution in [0.2, 0.25) is 0 Å². The molecule has 0 aromatic heterocycles. The van der Waals surface area contributed by atoms with Crippen molar-refractivity contribution >= 4 is 11.8 Å². The average molecular weight is 206 g/mol. The summed E-state index contributed by atoms with van der Waals surface area (Å²) in [7, 11) is 0. The summed E-state index contributed by atoms with van der Waals surface area (Å²) in [5, 5.41) is 18.5. The number of thioether (sulfide) groups is 1. The van der Waals surface area contributed by atoms with Gasteiger partial charge in [-0.3, -0.25) is 0 Å². The Balaban J connectivity index is 3.89. The van der Waals surface area contributed by atoms with Crippen molar-refractivity contribution in [3.63, 3.8) is 0 Å². The number of hydrogen-bond acceptors (Lipinski definition) is 3. The van der Waals surface area contributed by atoms with E-state index in [1.807, 2.05) is 11.8 Å². The fourth-order valence-corrected chi connectivity index (χ4v) is 2.32. The van der Waals surface area contributed by atoms with E-state index in [-0.39, 0.29) is 18.6 Å². The number of rotatable bonds is 8. The van der Waals surface area contributed by atoms with Gasteiger partial charge in [0.05, 0.1) is 13.2 Å². The molecule has 3 heteroatoms. The highest BCUT2D eigenvalue weighted by Gasteiger charge is 2.26. The minimum Gasteiger partial charge on any atom is -0.396 e. The van der Waals surface area contributed by atoms with Gasteiger partial charge >= 0.3 is 0 Å². The Hall–Kier alpha value is 0.270. The third-order valence-electron chi connectivity index (χ3n) is 2.43. The van der Waals surface area contributed by atoms with Crippen LogP contribution in [-0.4, -0.2) is 34.9 Å². The van der Waals surface area contributed by atoms with Gasteiger partial charge in [-0.1, -0.05) is 20.3 Å². The van der Waals surface area contributed by atoms with E-state index in [1.165, 1.54) is 0 Å². The van der Waals surface area contributed by atoms with E-state index in [1.54, 1.807) is 0 Å². The lowest BCUT2D eigenvalue weighted by molar-refractivity contribution is 0.0442. The predicted molar refractivity (Wildman–Crippen MR) is 59.1 cm³/mol. The van der Waals surface area contributed by atoms with Crippen molar-refractivity contribution in [2.45, 2.75) is 33.1 Å². The van der Waals surface area contributed by atoms with Crippen LogP contribution in [0.15, 0.2) is 0 Å². The smallest absolute Gasteiger partial charge is 0.0509 e. The molecule has 0 saturated heterocycles. The van der Waals surface area contributed by atoms with Crippen LogP contribution in [0.3, 0.4) is 0 Å². The lowest BCUT2D eigenvalue weighted by Crippen LogP contribution is -2.30. The highest BCUT2D eigenvalue weighted by Crippen LogP contribution is 2.28. The largest absolute Gasteiger partial charge is 0.396 e. The summed E-state index contributed by atoms with van der Waals surface area (Å²) in [6.45, 7) is 4.44. The van der Waals surface area contributed by atoms with Crippen molar-refractivity contribution in [1.29, 1.82) is 0 Å². The summed E-state index contributed by atoms with van der Waals surface area (Å²) in [5.74, 6) is 2.15. The van der Waals surface area contributed by atoms with Crippen molar-refractivity contribution in [3.05, 3.63) is 0 Å². The molecule has 0 atom stereocenters. The molecular weight excluding hydrogens is 184 g/mol. The van der Waals surface area contributed by atoms with Gasteiger partial charge in [0.1, 0.15) is 0 Å². The molecular formula is C10H22O2S. The van der Waals surface area contributed by atoms with E-state index in [9.17, 15) is 10.2 Å². The monoisotopic (exact) mass is 206 g/mol. The van der Waals surface area contributed by atoms with Crippen LogP contribution in [0.4, 0.5) is 0 Å². The van der Waals surface area contributed by atoms with Crippen LogP contribution < -0.4 is 0 Å². The average Bonchev–Trinajstić information content (AvgIpc) is 2.17. The zero-order valence-electron chi connectivity index (χ0n) is 8.75. The second kappa shape index (κ2) is 7.65. The molecule has 0 rings (SSSR count). The minimum atomic E-state index is -0.225. The summed E-state index contributed by atoms with van der Waals surface area (Å²) in [4.78, 5) is 0. The first-order valence-electron chi connectivity index (χ1n) is 5.04. The topological polar surface area (TPSA) is 40.5 Å². The van der Waals surface area contributed by atoms with Crippen molar-refractivity contribution in [3.8, 4) is 0 Å². The molecule has 0 radical (unpaired) electrons. The van der Waals surface area contributed by atoms with Gasteiger partial charge in [-0.25, -0.2) is 0 Å². The lowest BCUT2D eigenvalue weighted by Gasteiger charge is -2.29. The molecule has 0 heterocycles. The van der Waals surface area contributed by atoms with E-state index in [0.29, 0.717) is 0 Å². The Kier molecular flexibility index (Phi) is 7.81. The number of aliphatic hydroxyl groups excluding tert-OH is 2. The van der Waals surface area contributed by atoms with Crippen molar-refractivity contribution in [2.75, 3.05) is 24.7 Å². The number of aliphatic hydroxyl groups is 2. The van der Waals surface area contributed by atoms with Gasteiger partial charge in [0.2, 0.25) is 0 Å². The molecule has 0 aliphatic carbocycles. The van der Waals surface area contributed by atoms with Crippen LogP contribution >= 0.6 is 11.8 Å². The third-order valence-corrected chi connectivity index (χ3v) is 3.33. The maximum absolute atomic E-state index is 9.24. The first kappa shape index (κ1) is 13.3. The van der Waals surface area contributed by atoms with Gasteiger partial charge in [0.15, 0.2) is 0 Å². The van der Waals surface area contributed by atoms with Gasteiger partial charge in [-0.2, -0.15) is 11.8 Å². The molecule has 0 bridgehead atoms. The van der Waals surface area contributed by atoms with E-state index in [4.69, 9.17) is 0 Å². The van der Waals surface area contributed by atoms with Gasteiger partial charge < -0.3 is 10.2 Å². The minimum absolute atomic E-state index is 0.113. The summed E-state index contributed by atoms with van der Waals surface area (Å²) in [6, 6.07) is 0. The van der Waals surface area contributed by atoms with Crippen LogP contribution in [0.1, 0.15) is 33.1 Å². The molecule has 13 heavy (non-hydrogen) atoms. The van der Waals surface area contributed by atoms with Crippen molar-refractivity contribution < 1.29 is 10.2 Å². The van der Waals surface area contributed by atoms with Crippen molar-refractivity contribution in [1.82, 2.24) is 0 Å². The molecule has 0 saturated carbocycles. The molecule has 0 aliphatic rings. The highest BCUT2D eigenvalue weighted by atomic mass is 32.2. The van der Waals surface area contributed by atoms with Crippen LogP contribution in [0, 0.1) is 5.41 Å². The van der Waals surface area contributed by atoms with Gasteiger partial charge in [-0.15, -0.1) is 0 Å². The van der Waals surface area contributed by atoms with E-state index >= 15 is 0 Å². The first-order valence-corrected chi connectivity index (χ1v) is 6.19. The second-order valence-corrected chi connectivity index (χ2v) is 4.91. The maximum Gasteiger partial charge on any atom is 0.0509 e. The Morgan fingerprint density at radius 2 is 1.69 bits per heavy atom. The molecule has 80 valence electrons. The normalized spacial score (nSPS) is 12.0. The quantitative estimate of drug-likeness (QED) is 0.596. The maximum atomic E-state index is 9.24. The Bertz CT molecular complexity index is 113. The van der Waals surface area contributed by atoms with E-state index in [2.05, 4.69) is 13.8 Å². The highest BCUT2D eigenvalue weighted by molar-refractivity contribution is 7.99. The molecule has 2 N–H and O–H groups in total. The lowest BCUT2D eigenvalue weighted by atomic mass is 9.82. The first-order chi connectivity index (χ1) is 6.24. The van der Waals surface area contributed by atoms with E-state index in [0.717, 1.165) is 30.8 Å². The van der Waals surface area contributed by atoms with E-state index < -0.39 is 0 Å². The predicted octanol–water partition coefficient (Wildman–Crippen LogP) is 1.90. The third kappa shape index (κ3) is 4.89. The summed E-state index contributed by atoms with van der Waals surface area (Å²) in [5.41, 5.74) is -0.225. The fourth-order valence-electron chi connectivity index (χ4n) is 1.45. The molecule has 0 aromatic carbocycles. The Morgan fingerprint density at radius 3 is 2.08 bits per heavy atom. The van der Waals surface area contributed by atoms with Gasteiger partial charge in [0, 0.05) is 5.41 Å². The zero-order chi connectivity index (χ0) is 10.2. The van der Waals surface area contributed by atoms with Crippen LogP contribution in [0.5, 0.6) is 0 Å². The number of hydrogen-bond donors (Lipinski definition) is 2. The second-order valence-electron chi connectivity index (χ2n) is 3.51. The fraction of sp³-hybridized carbons (Fsp3) is 1.00. The summed E-state index contributed by atoms with van der Waals surface area (Å²) < 4.78 is 0. The van der Waals surface area contributed by atoms with Gasteiger partial charge in [0.25, 0.3) is 0 Å². The van der Waals surface area contributed by atoms with Gasteiger partial charge in [-0.05, 0) is 24.3 Å². The standard InChI is InChI=1S/C10H22O2S/c1-3-5-10(8-11,9-12)6-7-13-4-2/h11-12H,3-9H2,1-2H3. The Morgan fingerprint density at radius 1 is 1.08 bits per heavy atom.